The molecule has 0 aliphatic rings. The number of fused-ring (bicyclic) bond motifs is 1. The van der Waals surface area contributed by atoms with Gasteiger partial charge in [-0.3, -0.25) is 20.2 Å². The number of carbonyl (C=O) groups is 1. The number of nitrogens with zero attached hydrogens (tertiary/aromatic N) is 2. The Morgan fingerprint density at radius 3 is 2.68 bits per heavy atom. The Morgan fingerprint density at radius 1 is 1.29 bits per heavy atom. The van der Waals surface area contributed by atoms with E-state index < -0.39 is 20.7 Å². The number of nitro groups is 1. The molecular formula is C17H15N3O6S2. The number of nitro benzene ring substituents is 1. The lowest BCUT2D eigenvalue weighted by atomic mass is 10.2. The summed E-state index contributed by atoms with van der Waals surface area (Å²) in [6.45, 7) is 1.28. The van der Waals surface area contributed by atoms with Crippen LogP contribution in [0.1, 0.15) is 5.56 Å². The second-order valence-electron chi connectivity index (χ2n) is 5.96. The number of thiazole rings is 1. The number of aromatic nitrogens is 1. The summed E-state index contributed by atoms with van der Waals surface area (Å²) < 4.78 is 29.2. The van der Waals surface area contributed by atoms with E-state index in [9.17, 15) is 23.3 Å². The number of amides is 1. The molecule has 28 heavy (non-hydrogen) atoms. The number of carbonyl (C=O) groups excluding carboxylic acids is 1. The molecule has 2 aromatic carbocycles. The molecule has 0 atom stereocenters. The second-order valence-corrected chi connectivity index (χ2v) is 9.01. The smallest absolute Gasteiger partial charge is 0.272 e. The van der Waals surface area contributed by atoms with Crippen LogP contribution in [0.5, 0.6) is 5.75 Å². The van der Waals surface area contributed by atoms with Crippen molar-refractivity contribution < 1.29 is 22.9 Å². The van der Waals surface area contributed by atoms with Gasteiger partial charge in [-0.05, 0) is 37.3 Å². The van der Waals surface area contributed by atoms with Crippen LogP contribution in [0, 0.1) is 17.0 Å². The van der Waals surface area contributed by atoms with E-state index in [0.717, 1.165) is 17.6 Å². The van der Waals surface area contributed by atoms with Gasteiger partial charge in [-0.2, -0.15) is 0 Å². The molecule has 11 heteroatoms. The van der Waals surface area contributed by atoms with Crippen molar-refractivity contribution in [1.82, 2.24) is 4.98 Å². The Bertz CT molecular complexity index is 1190. The first-order valence-corrected chi connectivity index (χ1v) is 10.6. The minimum Gasteiger partial charge on any atom is -0.484 e. The molecule has 1 N–H and O–H groups in total. The van der Waals surface area contributed by atoms with Crippen LogP contribution in [0.2, 0.25) is 0 Å². The molecular weight excluding hydrogens is 406 g/mol. The van der Waals surface area contributed by atoms with Crippen LogP contribution in [0.25, 0.3) is 10.2 Å². The van der Waals surface area contributed by atoms with Gasteiger partial charge in [0.1, 0.15) is 5.75 Å². The van der Waals surface area contributed by atoms with E-state index >= 15 is 0 Å². The standard InChI is InChI=1S/C17H15N3O6S2/c1-10-7-11(3-6-14(10)20(22)23)26-9-16(21)19-17-18-13-5-4-12(28(2,24)25)8-15(13)27-17/h3-8H,9H2,1-2H3,(H,18,19,21). The van der Waals surface area contributed by atoms with Gasteiger partial charge >= 0.3 is 0 Å². The zero-order valence-electron chi connectivity index (χ0n) is 14.8. The average Bonchev–Trinajstić information content (AvgIpc) is 3.00. The van der Waals surface area contributed by atoms with Crippen molar-refractivity contribution in [2.24, 2.45) is 0 Å². The van der Waals surface area contributed by atoms with Crippen LogP contribution in [0.15, 0.2) is 41.3 Å². The fourth-order valence-corrected chi connectivity index (χ4v) is 4.06. The first kappa shape index (κ1) is 19.7. The van der Waals surface area contributed by atoms with E-state index in [0.29, 0.717) is 26.7 Å². The quantitative estimate of drug-likeness (QED) is 0.478. The zero-order valence-corrected chi connectivity index (χ0v) is 16.5. The van der Waals surface area contributed by atoms with E-state index in [4.69, 9.17) is 4.74 Å². The molecule has 3 aromatic rings. The third-order valence-corrected chi connectivity index (χ3v) is 5.81. The normalized spacial score (nSPS) is 11.4. The van der Waals surface area contributed by atoms with Gasteiger partial charge in [0.05, 0.1) is 20.0 Å². The minimum absolute atomic E-state index is 0.0280. The molecule has 0 radical (unpaired) electrons. The van der Waals surface area contributed by atoms with Crippen LogP contribution in [-0.2, 0) is 14.6 Å². The number of nitrogens with one attached hydrogen (secondary N) is 1. The lowest BCUT2D eigenvalue weighted by Gasteiger charge is -2.06. The van der Waals surface area contributed by atoms with E-state index in [1.54, 1.807) is 13.0 Å². The third-order valence-electron chi connectivity index (χ3n) is 3.77. The number of benzene rings is 2. The largest absolute Gasteiger partial charge is 0.484 e. The summed E-state index contributed by atoms with van der Waals surface area (Å²) in [4.78, 5) is 26.8. The summed E-state index contributed by atoms with van der Waals surface area (Å²) >= 11 is 1.15. The summed E-state index contributed by atoms with van der Waals surface area (Å²) in [6, 6.07) is 8.76. The summed E-state index contributed by atoms with van der Waals surface area (Å²) in [5.41, 5.74) is 0.968. The minimum atomic E-state index is -3.33. The SMILES string of the molecule is Cc1cc(OCC(=O)Nc2nc3ccc(S(C)(=O)=O)cc3s2)ccc1[N+](=O)[O-]. The number of sulfone groups is 1. The van der Waals surface area contributed by atoms with Crippen molar-refractivity contribution in [2.45, 2.75) is 11.8 Å². The predicted molar refractivity (Wildman–Crippen MR) is 105 cm³/mol. The van der Waals surface area contributed by atoms with E-state index in [1.807, 2.05) is 0 Å². The van der Waals surface area contributed by atoms with Gasteiger partial charge in [0.15, 0.2) is 21.6 Å². The molecule has 1 aromatic heterocycles. The fraction of sp³-hybridized carbons (Fsp3) is 0.176. The van der Waals surface area contributed by atoms with Crippen molar-refractivity contribution in [3.05, 3.63) is 52.1 Å². The Labute approximate surface area is 164 Å². The maximum atomic E-state index is 12.1. The van der Waals surface area contributed by atoms with Crippen molar-refractivity contribution >= 4 is 48.1 Å². The number of aryl methyl sites for hydroxylation is 1. The van der Waals surface area contributed by atoms with Crippen molar-refractivity contribution in [2.75, 3.05) is 18.2 Å². The number of hydrogen-bond donors (Lipinski definition) is 1. The van der Waals surface area contributed by atoms with Gasteiger partial charge in [-0.1, -0.05) is 11.3 Å². The first-order valence-electron chi connectivity index (χ1n) is 7.92. The van der Waals surface area contributed by atoms with Gasteiger partial charge in [-0.15, -0.1) is 0 Å². The predicted octanol–water partition coefficient (Wildman–Crippen LogP) is 2.93. The lowest BCUT2D eigenvalue weighted by Crippen LogP contribution is -2.20. The van der Waals surface area contributed by atoms with Crippen molar-refractivity contribution in [1.29, 1.82) is 0 Å². The molecule has 0 aliphatic carbocycles. The maximum Gasteiger partial charge on any atom is 0.272 e. The molecule has 0 saturated heterocycles. The molecule has 0 unspecified atom stereocenters. The van der Waals surface area contributed by atoms with Gasteiger partial charge in [0, 0.05) is 17.9 Å². The molecule has 0 saturated carbocycles. The van der Waals surface area contributed by atoms with Gasteiger partial charge in [0.25, 0.3) is 11.6 Å². The van der Waals surface area contributed by atoms with Crippen molar-refractivity contribution in [3.63, 3.8) is 0 Å². The van der Waals surface area contributed by atoms with E-state index in [-0.39, 0.29) is 17.2 Å². The highest BCUT2D eigenvalue weighted by atomic mass is 32.2. The van der Waals surface area contributed by atoms with Gasteiger partial charge < -0.3 is 4.74 Å². The first-order chi connectivity index (χ1) is 13.1. The molecule has 0 bridgehead atoms. The van der Waals surface area contributed by atoms with Crippen LogP contribution in [-0.4, -0.2) is 37.1 Å². The number of rotatable bonds is 6. The van der Waals surface area contributed by atoms with E-state index in [2.05, 4.69) is 10.3 Å². The molecule has 1 heterocycles. The third kappa shape index (κ3) is 4.43. The van der Waals surface area contributed by atoms with Crippen LogP contribution < -0.4 is 10.1 Å². The monoisotopic (exact) mass is 421 g/mol. The summed E-state index contributed by atoms with van der Waals surface area (Å²) in [5, 5.41) is 13.7. The summed E-state index contributed by atoms with van der Waals surface area (Å²) in [6.07, 6.45) is 1.12. The Hall–Kier alpha value is -3.05. The van der Waals surface area contributed by atoms with Crippen LogP contribution in [0.4, 0.5) is 10.8 Å². The Balaban J connectivity index is 1.66. The highest BCUT2D eigenvalue weighted by Gasteiger charge is 2.14. The summed E-state index contributed by atoms with van der Waals surface area (Å²) in [5.74, 6) is -0.126. The average molecular weight is 421 g/mol. The zero-order chi connectivity index (χ0) is 20.5. The Kier molecular flexibility index (Phi) is 5.29. The molecule has 0 spiro atoms. The van der Waals surface area contributed by atoms with E-state index in [1.165, 1.54) is 30.3 Å². The number of anilines is 1. The highest BCUT2D eigenvalue weighted by Crippen LogP contribution is 2.28. The van der Waals surface area contributed by atoms with Gasteiger partial charge in [0.2, 0.25) is 0 Å². The molecule has 9 nitrogen and oxygen atoms in total. The van der Waals surface area contributed by atoms with Gasteiger partial charge in [-0.25, -0.2) is 13.4 Å². The maximum absolute atomic E-state index is 12.1. The topological polar surface area (TPSA) is 128 Å². The molecule has 0 aliphatic heterocycles. The molecule has 3 rings (SSSR count). The summed E-state index contributed by atoms with van der Waals surface area (Å²) in [7, 11) is -3.33. The van der Waals surface area contributed by atoms with Crippen molar-refractivity contribution in [3.8, 4) is 5.75 Å². The molecule has 1 amide bonds. The second kappa shape index (κ2) is 7.52. The van der Waals surface area contributed by atoms with Crippen LogP contribution in [0.3, 0.4) is 0 Å². The van der Waals surface area contributed by atoms with Crippen LogP contribution >= 0.6 is 11.3 Å². The molecule has 0 fully saturated rings. The lowest BCUT2D eigenvalue weighted by molar-refractivity contribution is -0.385. The number of hydrogen-bond acceptors (Lipinski definition) is 8. The highest BCUT2D eigenvalue weighted by molar-refractivity contribution is 7.90. The molecule has 146 valence electrons. The number of ether oxygens (including phenoxy) is 1. The Morgan fingerprint density at radius 2 is 2.04 bits per heavy atom. The fourth-order valence-electron chi connectivity index (χ4n) is 2.42.